The summed E-state index contributed by atoms with van der Waals surface area (Å²) in [6.07, 6.45) is 51.3. The van der Waals surface area contributed by atoms with Crippen LogP contribution in [0.3, 0.4) is 0 Å². The Bertz CT molecular complexity index is 1030. The Morgan fingerprint density at radius 1 is 0.574 bits per heavy atom. The Hall–Kier alpha value is -2.70. The van der Waals surface area contributed by atoms with Gasteiger partial charge in [0.1, 0.15) is 6.10 Å². The lowest BCUT2D eigenvalue weighted by molar-refractivity contribution is -0.148. The summed E-state index contributed by atoms with van der Waals surface area (Å²) >= 11 is 0. The molecule has 3 atom stereocenters. The van der Waals surface area contributed by atoms with Gasteiger partial charge >= 0.3 is 5.97 Å². The smallest absolute Gasteiger partial charge is 0.306 e. The molecule has 310 valence electrons. The summed E-state index contributed by atoms with van der Waals surface area (Å²) in [4.78, 5) is 25.8. The van der Waals surface area contributed by atoms with Crippen LogP contribution in [0.1, 0.15) is 194 Å². The van der Waals surface area contributed by atoms with Crippen molar-refractivity contribution >= 4 is 11.9 Å². The van der Waals surface area contributed by atoms with Gasteiger partial charge in [-0.2, -0.15) is 0 Å². The third-order valence-electron chi connectivity index (χ3n) is 9.50. The fourth-order valence-corrected chi connectivity index (χ4v) is 6.16. The number of hydrogen-bond donors (Lipinski definition) is 3. The van der Waals surface area contributed by atoms with Gasteiger partial charge in [-0.1, -0.05) is 184 Å². The average molecular weight is 754 g/mol. The third kappa shape index (κ3) is 36.3. The fraction of sp³-hybridized carbons (Fsp3) is 0.708. The number of nitrogens with one attached hydrogen (secondary N) is 1. The van der Waals surface area contributed by atoms with Gasteiger partial charge in [-0.3, -0.25) is 9.59 Å². The van der Waals surface area contributed by atoms with Gasteiger partial charge in [0.05, 0.1) is 25.2 Å². The molecule has 0 spiro atoms. The molecule has 0 aromatic carbocycles. The van der Waals surface area contributed by atoms with Gasteiger partial charge in [-0.05, 0) is 70.3 Å². The molecule has 0 aliphatic rings. The van der Waals surface area contributed by atoms with Crippen LogP contribution >= 0.6 is 0 Å². The minimum Gasteiger partial charge on any atom is -0.458 e. The van der Waals surface area contributed by atoms with Gasteiger partial charge < -0.3 is 20.3 Å². The molecule has 0 saturated carbocycles. The first-order valence-electron chi connectivity index (χ1n) is 22.2. The van der Waals surface area contributed by atoms with Crippen molar-refractivity contribution in [3.8, 4) is 0 Å². The van der Waals surface area contributed by atoms with E-state index in [0.717, 1.165) is 83.5 Å². The normalized spacial score (nSPS) is 14.1. The monoisotopic (exact) mass is 754 g/mol. The van der Waals surface area contributed by atoms with E-state index < -0.39 is 18.2 Å². The number of unbranched alkanes of at least 4 members (excludes halogenated alkanes) is 16. The van der Waals surface area contributed by atoms with Crippen LogP contribution in [0.4, 0.5) is 0 Å². The summed E-state index contributed by atoms with van der Waals surface area (Å²) in [5.41, 5.74) is 0. The zero-order valence-electron chi connectivity index (χ0n) is 35.1. The maximum atomic E-state index is 13.1. The number of amides is 1. The number of aliphatic hydroxyl groups is 2. The van der Waals surface area contributed by atoms with Gasteiger partial charge in [0.2, 0.25) is 5.91 Å². The van der Waals surface area contributed by atoms with E-state index in [2.05, 4.69) is 86.8 Å². The molecular formula is C48H83NO5. The van der Waals surface area contributed by atoms with E-state index in [1.165, 1.54) is 64.2 Å². The highest BCUT2D eigenvalue weighted by Gasteiger charge is 2.23. The van der Waals surface area contributed by atoms with Crippen molar-refractivity contribution in [2.24, 2.45) is 0 Å². The summed E-state index contributed by atoms with van der Waals surface area (Å²) < 4.78 is 5.77. The second-order valence-corrected chi connectivity index (χ2v) is 14.7. The highest BCUT2D eigenvalue weighted by Crippen LogP contribution is 2.15. The van der Waals surface area contributed by atoms with Crippen molar-refractivity contribution in [1.29, 1.82) is 0 Å². The predicted octanol–water partition coefficient (Wildman–Crippen LogP) is 12.7. The minimum absolute atomic E-state index is 0.0519. The molecule has 0 rings (SSSR count). The maximum absolute atomic E-state index is 13.1. The Morgan fingerprint density at radius 3 is 1.63 bits per heavy atom. The molecule has 0 heterocycles. The molecule has 6 heteroatoms. The summed E-state index contributed by atoms with van der Waals surface area (Å²) in [7, 11) is 0. The van der Waals surface area contributed by atoms with Gasteiger partial charge in [0.25, 0.3) is 0 Å². The summed E-state index contributed by atoms with van der Waals surface area (Å²) in [5.74, 6) is -0.648. The molecular weight excluding hydrogens is 671 g/mol. The number of esters is 1. The van der Waals surface area contributed by atoms with E-state index in [-0.39, 0.29) is 24.9 Å². The van der Waals surface area contributed by atoms with Gasteiger partial charge in [0.15, 0.2) is 0 Å². The first-order valence-corrected chi connectivity index (χ1v) is 22.2. The Labute approximate surface area is 332 Å². The molecule has 0 fully saturated rings. The SMILES string of the molecule is CC/C=C/C/C=C/C/C=C/C/C=C/C/C=C/C(CC(=O)NC(CO)C(O)CCCCCCCCCCCCC)OC(=O)CCCCCCC/C=C\CCC. The van der Waals surface area contributed by atoms with Crippen LogP contribution in [-0.2, 0) is 14.3 Å². The van der Waals surface area contributed by atoms with Crippen molar-refractivity contribution in [2.45, 2.75) is 212 Å². The molecule has 0 aliphatic carbocycles. The molecule has 0 saturated heterocycles. The predicted molar refractivity (Wildman–Crippen MR) is 231 cm³/mol. The number of ether oxygens (including phenoxy) is 1. The maximum Gasteiger partial charge on any atom is 0.306 e. The summed E-state index contributed by atoms with van der Waals surface area (Å²) in [6, 6.07) is -0.743. The van der Waals surface area contributed by atoms with Gasteiger partial charge in [-0.25, -0.2) is 0 Å². The van der Waals surface area contributed by atoms with E-state index in [4.69, 9.17) is 4.74 Å². The number of aliphatic hydroxyl groups excluding tert-OH is 2. The number of hydrogen-bond acceptors (Lipinski definition) is 5. The lowest BCUT2D eigenvalue weighted by Gasteiger charge is -2.23. The molecule has 6 nitrogen and oxygen atoms in total. The van der Waals surface area contributed by atoms with Crippen LogP contribution < -0.4 is 5.32 Å². The summed E-state index contributed by atoms with van der Waals surface area (Å²) in [5, 5.41) is 23.5. The van der Waals surface area contributed by atoms with Crippen LogP contribution in [0.2, 0.25) is 0 Å². The van der Waals surface area contributed by atoms with Gasteiger partial charge in [0, 0.05) is 6.42 Å². The van der Waals surface area contributed by atoms with Crippen LogP contribution in [-0.4, -0.2) is 46.9 Å². The average Bonchev–Trinajstić information content (AvgIpc) is 3.16. The second-order valence-electron chi connectivity index (χ2n) is 14.7. The highest BCUT2D eigenvalue weighted by atomic mass is 16.5. The van der Waals surface area contributed by atoms with Crippen molar-refractivity contribution < 1.29 is 24.5 Å². The van der Waals surface area contributed by atoms with E-state index in [1.54, 1.807) is 6.08 Å². The molecule has 3 unspecified atom stereocenters. The largest absolute Gasteiger partial charge is 0.458 e. The van der Waals surface area contributed by atoms with E-state index >= 15 is 0 Å². The first-order chi connectivity index (χ1) is 26.5. The molecule has 54 heavy (non-hydrogen) atoms. The minimum atomic E-state index is -0.820. The number of carbonyl (C=O) groups is 2. The molecule has 0 aromatic rings. The van der Waals surface area contributed by atoms with E-state index in [9.17, 15) is 19.8 Å². The van der Waals surface area contributed by atoms with Crippen molar-refractivity contribution in [1.82, 2.24) is 5.32 Å². The topological polar surface area (TPSA) is 95.9 Å². The zero-order valence-corrected chi connectivity index (χ0v) is 35.1. The molecule has 3 N–H and O–H groups in total. The number of carbonyl (C=O) groups excluding carboxylic acids is 2. The van der Waals surface area contributed by atoms with Crippen LogP contribution in [0.25, 0.3) is 0 Å². The fourth-order valence-electron chi connectivity index (χ4n) is 6.16. The standard InChI is InChI=1S/C48H83NO5/c1-4-7-10-13-16-19-22-23-24-26-27-30-33-36-39-44(54-48(53)41-38-35-32-29-21-18-15-12-9-6-3)42-47(52)49-45(43-50)46(51)40-37-34-31-28-25-20-17-14-11-8-5-2/h7,10,12,15-16,19,23-24,27,30,36,39,44-46,50-51H,4-6,8-9,11,13-14,17-18,20-22,25-26,28-29,31-35,37-38,40-43H2,1-3H3,(H,49,52)/b10-7+,15-12-,19-16+,24-23+,30-27+,39-36+. The van der Waals surface area contributed by atoms with Crippen molar-refractivity contribution in [2.75, 3.05) is 6.61 Å². The van der Waals surface area contributed by atoms with Crippen LogP contribution in [0.5, 0.6) is 0 Å². The lowest BCUT2D eigenvalue weighted by atomic mass is 10.0. The molecule has 1 amide bonds. The first kappa shape index (κ1) is 51.3. The third-order valence-corrected chi connectivity index (χ3v) is 9.50. The highest BCUT2D eigenvalue weighted by molar-refractivity contribution is 5.78. The van der Waals surface area contributed by atoms with Gasteiger partial charge in [-0.15, -0.1) is 0 Å². The molecule has 0 aliphatic heterocycles. The van der Waals surface area contributed by atoms with Crippen LogP contribution in [0, 0.1) is 0 Å². The molecule has 0 radical (unpaired) electrons. The zero-order chi connectivity index (χ0) is 39.6. The Balaban J connectivity index is 4.81. The van der Waals surface area contributed by atoms with Crippen LogP contribution in [0.15, 0.2) is 72.9 Å². The van der Waals surface area contributed by atoms with Crippen molar-refractivity contribution in [3.05, 3.63) is 72.9 Å². The number of rotatable bonds is 38. The lowest BCUT2D eigenvalue weighted by Crippen LogP contribution is -2.46. The Morgan fingerprint density at radius 2 is 1.07 bits per heavy atom. The number of allylic oxidation sites excluding steroid dienone is 11. The molecule has 0 bridgehead atoms. The summed E-state index contributed by atoms with van der Waals surface area (Å²) in [6.45, 7) is 6.23. The molecule has 0 aromatic heterocycles. The van der Waals surface area contributed by atoms with E-state index in [1.807, 2.05) is 6.08 Å². The Kier molecular flexibility index (Phi) is 39.4. The second kappa shape index (κ2) is 41.5. The van der Waals surface area contributed by atoms with Crippen molar-refractivity contribution in [3.63, 3.8) is 0 Å². The quantitative estimate of drug-likeness (QED) is 0.0331. The van der Waals surface area contributed by atoms with E-state index in [0.29, 0.717) is 19.3 Å².